The van der Waals surface area contributed by atoms with E-state index in [9.17, 15) is 4.79 Å². The predicted octanol–water partition coefficient (Wildman–Crippen LogP) is 2.88. The molecule has 0 spiro atoms. The van der Waals surface area contributed by atoms with Crippen molar-refractivity contribution in [2.24, 2.45) is 0 Å². The van der Waals surface area contributed by atoms with Crippen molar-refractivity contribution in [2.75, 3.05) is 20.1 Å². The van der Waals surface area contributed by atoms with Crippen molar-refractivity contribution < 1.29 is 4.79 Å². The molecule has 1 aromatic heterocycles. The molecule has 0 radical (unpaired) electrons. The van der Waals surface area contributed by atoms with Gasteiger partial charge in [-0.05, 0) is 38.9 Å². The molecule has 2 aromatic rings. The minimum Gasteiger partial charge on any atom is -0.338 e. The van der Waals surface area contributed by atoms with E-state index in [1.54, 1.807) is 0 Å². The van der Waals surface area contributed by atoms with Gasteiger partial charge in [-0.2, -0.15) is 0 Å². The van der Waals surface area contributed by atoms with Crippen LogP contribution in [0.5, 0.6) is 0 Å². The van der Waals surface area contributed by atoms with Crippen LogP contribution in [-0.2, 0) is 0 Å². The fourth-order valence-corrected chi connectivity index (χ4v) is 3.10. The zero-order valence-electron chi connectivity index (χ0n) is 13.7. The van der Waals surface area contributed by atoms with E-state index in [2.05, 4.69) is 10.3 Å². The van der Waals surface area contributed by atoms with E-state index in [4.69, 9.17) is 0 Å². The first-order valence-electron chi connectivity index (χ1n) is 8.18. The van der Waals surface area contributed by atoms with E-state index in [1.165, 1.54) is 0 Å². The Morgan fingerprint density at radius 3 is 2.43 bits per heavy atom. The van der Waals surface area contributed by atoms with Crippen LogP contribution in [0.2, 0.25) is 0 Å². The third kappa shape index (κ3) is 3.42. The van der Waals surface area contributed by atoms with Gasteiger partial charge in [-0.1, -0.05) is 30.3 Å². The van der Waals surface area contributed by atoms with Crippen molar-refractivity contribution in [3.05, 3.63) is 53.7 Å². The first-order chi connectivity index (χ1) is 11.2. The number of nitrogens with one attached hydrogen (secondary N) is 1. The summed E-state index contributed by atoms with van der Waals surface area (Å²) in [4.78, 5) is 19.3. The van der Waals surface area contributed by atoms with Crippen molar-refractivity contribution in [2.45, 2.75) is 25.8 Å². The quantitative estimate of drug-likeness (QED) is 0.948. The Balaban J connectivity index is 1.77. The maximum atomic E-state index is 12.7. The maximum Gasteiger partial charge on any atom is 0.255 e. The third-order valence-corrected chi connectivity index (χ3v) is 4.58. The molecule has 0 saturated carbocycles. The van der Waals surface area contributed by atoms with E-state index in [-0.39, 0.29) is 5.91 Å². The van der Waals surface area contributed by atoms with Gasteiger partial charge in [0.25, 0.3) is 5.91 Å². The first kappa shape index (κ1) is 15.7. The minimum absolute atomic E-state index is 0.101. The van der Waals surface area contributed by atoms with Gasteiger partial charge < -0.3 is 10.2 Å². The van der Waals surface area contributed by atoms with Gasteiger partial charge in [0, 0.05) is 24.7 Å². The Bertz CT molecular complexity index is 676. The number of aromatic nitrogens is 1. The van der Waals surface area contributed by atoms with Crippen LogP contribution in [0.15, 0.2) is 42.5 Å². The number of hydrogen-bond donors (Lipinski definition) is 1. The molecule has 0 unspecified atom stereocenters. The van der Waals surface area contributed by atoms with Crippen molar-refractivity contribution in [3.8, 4) is 11.3 Å². The van der Waals surface area contributed by atoms with E-state index in [0.717, 1.165) is 42.9 Å². The lowest BCUT2D eigenvalue weighted by atomic mass is 10.0. The van der Waals surface area contributed by atoms with Crippen molar-refractivity contribution in [1.82, 2.24) is 15.2 Å². The molecule has 0 aliphatic carbocycles. The number of aryl methyl sites for hydroxylation is 1. The average molecular weight is 309 g/mol. The largest absolute Gasteiger partial charge is 0.338 e. The van der Waals surface area contributed by atoms with Crippen LogP contribution in [0.3, 0.4) is 0 Å². The number of amides is 1. The molecule has 3 rings (SSSR count). The fraction of sp³-hybridized carbons (Fsp3) is 0.368. The SMILES string of the molecule is CNC1CCN(C(=O)c2ccc(-c3ccccc3)nc2C)CC1. The van der Waals surface area contributed by atoms with Crippen LogP contribution < -0.4 is 5.32 Å². The number of piperidine rings is 1. The minimum atomic E-state index is 0.101. The topological polar surface area (TPSA) is 45.2 Å². The van der Waals surface area contributed by atoms with Crippen LogP contribution in [0.25, 0.3) is 11.3 Å². The summed E-state index contributed by atoms with van der Waals surface area (Å²) in [5.74, 6) is 0.101. The molecular formula is C19H23N3O. The molecule has 0 atom stereocenters. The van der Waals surface area contributed by atoms with Gasteiger partial charge in [-0.25, -0.2) is 0 Å². The summed E-state index contributed by atoms with van der Waals surface area (Å²) in [6.07, 6.45) is 2.02. The second-order valence-electron chi connectivity index (χ2n) is 6.05. The Morgan fingerprint density at radius 1 is 1.13 bits per heavy atom. The van der Waals surface area contributed by atoms with Gasteiger partial charge in [0.05, 0.1) is 17.0 Å². The zero-order chi connectivity index (χ0) is 16.2. The Morgan fingerprint density at radius 2 is 1.83 bits per heavy atom. The van der Waals surface area contributed by atoms with Gasteiger partial charge in [0.15, 0.2) is 0 Å². The monoisotopic (exact) mass is 309 g/mol. The number of carbonyl (C=O) groups excluding carboxylic acids is 1. The summed E-state index contributed by atoms with van der Waals surface area (Å²) >= 11 is 0. The van der Waals surface area contributed by atoms with E-state index in [0.29, 0.717) is 11.6 Å². The molecule has 1 N–H and O–H groups in total. The van der Waals surface area contributed by atoms with Crippen LogP contribution in [-0.4, -0.2) is 42.0 Å². The van der Waals surface area contributed by atoms with Crippen LogP contribution in [0.1, 0.15) is 28.9 Å². The molecule has 1 aromatic carbocycles. The lowest BCUT2D eigenvalue weighted by molar-refractivity contribution is 0.0706. The molecule has 4 nitrogen and oxygen atoms in total. The summed E-state index contributed by atoms with van der Waals surface area (Å²) in [5, 5.41) is 3.29. The van der Waals surface area contributed by atoms with Gasteiger partial charge >= 0.3 is 0 Å². The highest BCUT2D eigenvalue weighted by atomic mass is 16.2. The number of benzene rings is 1. The first-order valence-corrected chi connectivity index (χ1v) is 8.18. The number of carbonyl (C=O) groups is 1. The highest BCUT2D eigenvalue weighted by Crippen LogP contribution is 2.20. The van der Waals surface area contributed by atoms with E-state index >= 15 is 0 Å². The number of nitrogens with zero attached hydrogens (tertiary/aromatic N) is 2. The van der Waals surface area contributed by atoms with Gasteiger partial charge in [0.2, 0.25) is 0 Å². The Hall–Kier alpha value is -2.20. The second-order valence-corrected chi connectivity index (χ2v) is 6.05. The van der Waals surface area contributed by atoms with Gasteiger partial charge in [-0.15, -0.1) is 0 Å². The molecule has 0 bridgehead atoms. The van der Waals surface area contributed by atoms with Crippen molar-refractivity contribution >= 4 is 5.91 Å². The summed E-state index contributed by atoms with van der Waals surface area (Å²) in [6.45, 7) is 3.54. The molecule has 23 heavy (non-hydrogen) atoms. The summed E-state index contributed by atoms with van der Waals surface area (Å²) in [5.41, 5.74) is 3.50. The summed E-state index contributed by atoms with van der Waals surface area (Å²) in [7, 11) is 1.98. The average Bonchev–Trinajstić information content (AvgIpc) is 2.62. The molecule has 1 saturated heterocycles. The zero-order valence-corrected chi connectivity index (χ0v) is 13.7. The number of pyridine rings is 1. The normalized spacial score (nSPS) is 15.7. The molecule has 1 aliphatic rings. The van der Waals surface area contributed by atoms with Gasteiger partial charge in [-0.3, -0.25) is 9.78 Å². The summed E-state index contributed by atoms with van der Waals surface area (Å²) < 4.78 is 0. The number of hydrogen-bond acceptors (Lipinski definition) is 3. The molecule has 1 aliphatic heterocycles. The predicted molar refractivity (Wildman–Crippen MR) is 92.4 cm³/mol. The second kappa shape index (κ2) is 6.92. The molecular weight excluding hydrogens is 286 g/mol. The third-order valence-electron chi connectivity index (χ3n) is 4.58. The van der Waals surface area contributed by atoms with Crippen LogP contribution in [0.4, 0.5) is 0 Å². The molecule has 120 valence electrons. The smallest absolute Gasteiger partial charge is 0.255 e. The fourth-order valence-electron chi connectivity index (χ4n) is 3.10. The lowest BCUT2D eigenvalue weighted by Crippen LogP contribution is -2.44. The van der Waals surface area contributed by atoms with Crippen molar-refractivity contribution in [1.29, 1.82) is 0 Å². The summed E-state index contributed by atoms with van der Waals surface area (Å²) in [6, 6.07) is 14.4. The number of likely N-dealkylation sites (tertiary alicyclic amines) is 1. The Kier molecular flexibility index (Phi) is 4.72. The molecule has 2 heterocycles. The van der Waals surface area contributed by atoms with E-state index in [1.807, 2.05) is 61.3 Å². The van der Waals surface area contributed by atoms with Crippen LogP contribution >= 0.6 is 0 Å². The Labute approximate surface area is 137 Å². The van der Waals surface area contributed by atoms with Crippen molar-refractivity contribution in [3.63, 3.8) is 0 Å². The highest BCUT2D eigenvalue weighted by molar-refractivity contribution is 5.95. The lowest BCUT2D eigenvalue weighted by Gasteiger charge is -2.32. The molecule has 1 fully saturated rings. The number of rotatable bonds is 3. The maximum absolute atomic E-state index is 12.7. The highest BCUT2D eigenvalue weighted by Gasteiger charge is 2.24. The van der Waals surface area contributed by atoms with E-state index < -0.39 is 0 Å². The standard InChI is InChI=1S/C19H23N3O/c1-14-17(19(23)22-12-10-16(20-2)11-13-22)8-9-18(21-14)15-6-4-3-5-7-15/h3-9,16,20H,10-13H2,1-2H3. The molecule has 1 amide bonds. The molecule has 4 heteroatoms. The van der Waals surface area contributed by atoms with Gasteiger partial charge in [0.1, 0.15) is 0 Å². The van der Waals surface area contributed by atoms with Crippen LogP contribution in [0, 0.1) is 6.92 Å².